The fraction of sp³-hybridized carbons (Fsp3) is 0.538. The number of furan rings is 1. The van der Waals surface area contributed by atoms with Gasteiger partial charge in [-0.3, -0.25) is 14.5 Å². The van der Waals surface area contributed by atoms with Gasteiger partial charge in [0.15, 0.2) is 0 Å². The summed E-state index contributed by atoms with van der Waals surface area (Å²) in [5.74, 6) is -0.367. The van der Waals surface area contributed by atoms with Crippen molar-refractivity contribution in [2.24, 2.45) is 0 Å². The summed E-state index contributed by atoms with van der Waals surface area (Å²) < 4.78 is 10.1. The van der Waals surface area contributed by atoms with Gasteiger partial charge >= 0.3 is 5.97 Å². The molecule has 0 saturated carbocycles. The molecule has 0 aliphatic rings. The molecule has 0 aliphatic carbocycles. The SMILES string of the molecule is COCCNC(=O)CN(CCC(=O)O)Cc1ccco1. The smallest absolute Gasteiger partial charge is 0.304 e. The number of nitrogens with zero attached hydrogens (tertiary/aromatic N) is 1. The third-order valence-corrected chi connectivity index (χ3v) is 2.60. The van der Waals surface area contributed by atoms with E-state index in [0.29, 0.717) is 25.5 Å². The first kappa shape index (κ1) is 16.2. The molecule has 2 N–H and O–H groups in total. The van der Waals surface area contributed by atoms with Gasteiger partial charge in [0.05, 0.1) is 32.4 Å². The number of carboxylic acids is 1. The van der Waals surface area contributed by atoms with Crippen LogP contribution in [0.1, 0.15) is 12.2 Å². The lowest BCUT2D eigenvalue weighted by molar-refractivity contribution is -0.137. The maximum atomic E-state index is 11.7. The Labute approximate surface area is 117 Å². The lowest BCUT2D eigenvalue weighted by Crippen LogP contribution is -2.39. The number of carboxylic acid groups (broad SMARTS) is 1. The molecule has 0 atom stereocenters. The average Bonchev–Trinajstić information content (AvgIpc) is 2.89. The van der Waals surface area contributed by atoms with E-state index >= 15 is 0 Å². The molecule has 1 aromatic rings. The van der Waals surface area contributed by atoms with Crippen LogP contribution in [0.25, 0.3) is 0 Å². The summed E-state index contributed by atoms with van der Waals surface area (Å²) in [6.07, 6.45) is 1.52. The van der Waals surface area contributed by atoms with E-state index in [4.69, 9.17) is 14.3 Å². The van der Waals surface area contributed by atoms with E-state index < -0.39 is 5.97 Å². The van der Waals surface area contributed by atoms with E-state index in [1.165, 1.54) is 0 Å². The molecule has 0 radical (unpaired) electrons. The van der Waals surface area contributed by atoms with Crippen molar-refractivity contribution in [3.8, 4) is 0 Å². The predicted octanol–water partition coefficient (Wildman–Crippen LogP) is 0.319. The lowest BCUT2D eigenvalue weighted by atomic mass is 10.3. The van der Waals surface area contributed by atoms with E-state index in [-0.39, 0.29) is 25.4 Å². The highest BCUT2D eigenvalue weighted by atomic mass is 16.5. The van der Waals surface area contributed by atoms with Gasteiger partial charge in [0.25, 0.3) is 0 Å². The second kappa shape index (κ2) is 9.11. The third kappa shape index (κ3) is 6.91. The molecule has 0 unspecified atom stereocenters. The fourth-order valence-electron chi connectivity index (χ4n) is 1.64. The third-order valence-electron chi connectivity index (χ3n) is 2.60. The zero-order chi connectivity index (χ0) is 14.8. The van der Waals surface area contributed by atoms with Crippen LogP contribution < -0.4 is 5.32 Å². The number of methoxy groups -OCH3 is 1. The van der Waals surface area contributed by atoms with Gasteiger partial charge in [0, 0.05) is 20.2 Å². The molecule has 20 heavy (non-hydrogen) atoms. The van der Waals surface area contributed by atoms with E-state index in [9.17, 15) is 9.59 Å². The molecule has 0 saturated heterocycles. The summed E-state index contributed by atoms with van der Waals surface area (Å²) in [4.78, 5) is 24.1. The summed E-state index contributed by atoms with van der Waals surface area (Å²) in [5, 5.41) is 11.4. The number of carbonyl (C=O) groups is 2. The highest BCUT2D eigenvalue weighted by Crippen LogP contribution is 2.05. The fourth-order valence-corrected chi connectivity index (χ4v) is 1.64. The predicted molar refractivity (Wildman–Crippen MR) is 71.1 cm³/mol. The first-order chi connectivity index (χ1) is 9.61. The number of hydrogen-bond donors (Lipinski definition) is 2. The first-order valence-electron chi connectivity index (χ1n) is 6.34. The Hall–Kier alpha value is -1.86. The van der Waals surface area contributed by atoms with Crippen molar-refractivity contribution in [3.63, 3.8) is 0 Å². The molecule has 0 bridgehead atoms. The van der Waals surface area contributed by atoms with Gasteiger partial charge in [-0.05, 0) is 12.1 Å². The summed E-state index contributed by atoms with van der Waals surface area (Å²) in [6, 6.07) is 3.54. The van der Waals surface area contributed by atoms with Crippen molar-refractivity contribution in [1.82, 2.24) is 10.2 Å². The second-order valence-corrected chi connectivity index (χ2v) is 4.28. The molecule has 1 rings (SSSR count). The van der Waals surface area contributed by atoms with Crippen LogP contribution in [0.4, 0.5) is 0 Å². The standard InChI is InChI=1S/C13H20N2O5/c1-19-8-5-14-12(16)10-15(6-4-13(17)18)9-11-3-2-7-20-11/h2-3,7H,4-6,8-10H2,1H3,(H,14,16)(H,17,18). The van der Waals surface area contributed by atoms with E-state index in [0.717, 1.165) is 0 Å². The highest BCUT2D eigenvalue weighted by Gasteiger charge is 2.13. The minimum absolute atomic E-state index is 0.0218. The van der Waals surface area contributed by atoms with Gasteiger partial charge < -0.3 is 19.6 Å². The number of aliphatic carboxylic acids is 1. The largest absolute Gasteiger partial charge is 0.481 e. The Morgan fingerprint density at radius 3 is 2.90 bits per heavy atom. The summed E-state index contributed by atoms with van der Waals surface area (Å²) in [7, 11) is 1.56. The molecule has 112 valence electrons. The number of ether oxygens (including phenoxy) is 1. The normalized spacial score (nSPS) is 10.7. The van der Waals surface area contributed by atoms with Crippen LogP contribution in [0.2, 0.25) is 0 Å². The van der Waals surface area contributed by atoms with Crippen LogP contribution in [-0.4, -0.2) is 55.2 Å². The van der Waals surface area contributed by atoms with Gasteiger partial charge in [0.1, 0.15) is 5.76 Å². The Kier molecular flexibility index (Phi) is 7.38. The quantitative estimate of drug-likeness (QED) is 0.601. The zero-order valence-electron chi connectivity index (χ0n) is 11.5. The Morgan fingerprint density at radius 1 is 1.50 bits per heavy atom. The van der Waals surface area contributed by atoms with Crippen LogP contribution in [0.5, 0.6) is 0 Å². The van der Waals surface area contributed by atoms with Crippen LogP contribution in [0.15, 0.2) is 22.8 Å². The molecule has 1 aromatic heterocycles. The summed E-state index contributed by atoms with van der Waals surface area (Å²) in [5.41, 5.74) is 0. The molecule has 7 nitrogen and oxygen atoms in total. The molecular formula is C13H20N2O5. The Morgan fingerprint density at radius 2 is 2.30 bits per heavy atom. The number of amides is 1. The van der Waals surface area contributed by atoms with Crippen molar-refractivity contribution in [2.75, 3.05) is 33.4 Å². The van der Waals surface area contributed by atoms with E-state index in [1.54, 1.807) is 30.4 Å². The van der Waals surface area contributed by atoms with Crippen LogP contribution in [0, 0.1) is 0 Å². The van der Waals surface area contributed by atoms with E-state index in [2.05, 4.69) is 5.32 Å². The average molecular weight is 284 g/mol. The van der Waals surface area contributed by atoms with Crippen molar-refractivity contribution < 1.29 is 23.8 Å². The van der Waals surface area contributed by atoms with E-state index in [1.807, 2.05) is 0 Å². The number of nitrogens with one attached hydrogen (secondary N) is 1. The first-order valence-corrected chi connectivity index (χ1v) is 6.34. The van der Waals surface area contributed by atoms with Gasteiger partial charge in [-0.25, -0.2) is 0 Å². The Bertz CT molecular complexity index is 405. The maximum Gasteiger partial charge on any atom is 0.304 e. The van der Waals surface area contributed by atoms with Crippen molar-refractivity contribution in [2.45, 2.75) is 13.0 Å². The molecule has 1 heterocycles. The lowest BCUT2D eigenvalue weighted by Gasteiger charge is -2.19. The maximum absolute atomic E-state index is 11.7. The highest BCUT2D eigenvalue weighted by molar-refractivity contribution is 5.78. The second-order valence-electron chi connectivity index (χ2n) is 4.28. The molecule has 1 amide bonds. The topological polar surface area (TPSA) is 92.0 Å². The Balaban J connectivity index is 2.44. The zero-order valence-corrected chi connectivity index (χ0v) is 11.5. The van der Waals surface area contributed by atoms with Crippen molar-refractivity contribution in [1.29, 1.82) is 0 Å². The monoisotopic (exact) mass is 284 g/mol. The summed E-state index contributed by atoms with van der Waals surface area (Å²) in [6.45, 7) is 1.69. The molecule has 0 aliphatic heterocycles. The summed E-state index contributed by atoms with van der Waals surface area (Å²) >= 11 is 0. The molecule has 7 heteroatoms. The minimum Gasteiger partial charge on any atom is -0.481 e. The van der Waals surface area contributed by atoms with Gasteiger partial charge in [-0.2, -0.15) is 0 Å². The van der Waals surface area contributed by atoms with Gasteiger partial charge in [-0.1, -0.05) is 0 Å². The number of carbonyl (C=O) groups excluding carboxylic acids is 1. The van der Waals surface area contributed by atoms with Crippen LogP contribution >= 0.6 is 0 Å². The van der Waals surface area contributed by atoms with Crippen LogP contribution in [-0.2, 0) is 20.9 Å². The molecular weight excluding hydrogens is 264 g/mol. The molecule has 0 spiro atoms. The van der Waals surface area contributed by atoms with Crippen LogP contribution in [0.3, 0.4) is 0 Å². The van der Waals surface area contributed by atoms with Gasteiger partial charge in [0.2, 0.25) is 5.91 Å². The minimum atomic E-state index is -0.894. The van der Waals surface area contributed by atoms with Gasteiger partial charge in [-0.15, -0.1) is 0 Å². The molecule has 0 fully saturated rings. The number of hydrogen-bond acceptors (Lipinski definition) is 5. The van der Waals surface area contributed by atoms with Crippen molar-refractivity contribution in [3.05, 3.63) is 24.2 Å². The molecule has 0 aromatic carbocycles. The van der Waals surface area contributed by atoms with Crippen molar-refractivity contribution >= 4 is 11.9 Å². The number of rotatable bonds is 10.